The Hall–Kier alpha value is -3.47. The lowest BCUT2D eigenvalue weighted by Gasteiger charge is -2.38. The van der Waals surface area contributed by atoms with Crippen LogP contribution >= 0.6 is 0 Å². The van der Waals surface area contributed by atoms with E-state index in [9.17, 15) is 27.9 Å². The molecule has 3 heterocycles. The zero-order valence-corrected chi connectivity index (χ0v) is 21.5. The second kappa shape index (κ2) is 11.1. The number of carbonyl (C=O) groups is 2. The van der Waals surface area contributed by atoms with E-state index in [0.717, 1.165) is 32.0 Å². The van der Waals surface area contributed by atoms with E-state index in [0.29, 0.717) is 25.2 Å². The van der Waals surface area contributed by atoms with Crippen LogP contribution in [-0.4, -0.2) is 63.2 Å². The lowest BCUT2D eigenvalue weighted by atomic mass is 9.84. The van der Waals surface area contributed by atoms with Crippen molar-refractivity contribution in [3.05, 3.63) is 53.9 Å². The van der Waals surface area contributed by atoms with Crippen LogP contribution in [0.5, 0.6) is 0 Å². The molecule has 1 atom stereocenters. The van der Waals surface area contributed by atoms with Gasteiger partial charge in [-0.3, -0.25) is 9.59 Å². The molecule has 2 N–H and O–H groups in total. The molecule has 0 unspecified atom stereocenters. The van der Waals surface area contributed by atoms with Gasteiger partial charge < -0.3 is 15.3 Å². The number of rotatable bonds is 8. The van der Waals surface area contributed by atoms with Gasteiger partial charge in [-0.1, -0.05) is 38.1 Å². The maximum atomic E-state index is 13.8. The van der Waals surface area contributed by atoms with Gasteiger partial charge in [0.1, 0.15) is 5.84 Å². The number of aliphatic carboxylic acids is 1. The number of halogens is 3. The Labute approximate surface area is 219 Å². The molecule has 1 aromatic carbocycles. The standard InChI is InChI=1S/C27H32F3N5O3/c1-26(2)11-6-13-34(17-26)14-10-18(15-24(36)37)32-25(38)21-16-22(35(33-21)23-9-5-12-31-23)19-7-3-4-8-20(19)27(28,29)30/h3-5,7-8,12,16,18H,6,9-11,13-15,17H2,1-2H3,(H,32,38)(H,36,37)/t18-/m0/s1. The van der Waals surface area contributed by atoms with Crippen LogP contribution in [0.15, 0.2) is 47.6 Å². The van der Waals surface area contributed by atoms with Gasteiger partial charge in [-0.2, -0.15) is 18.3 Å². The highest BCUT2D eigenvalue weighted by Gasteiger charge is 2.35. The first-order valence-electron chi connectivity index (χ1n) is 12.7. The lowest BCUT2D eigenvalue weighted by Crippen LogP contribution is -2.44. The molecule has 1 aromatic heterocycles. The minimum atomic E-state index is -4.61. The maximum Gasteiger partial charge on any atom is 0.417 e. The van der Waals surface area contributed by atoms with Crippen LogP contribution in [0.1, 0.15) is 62.0 Å². The van der Waals surface area contributed by atoms with Gasteiger partial charge >= 0.3 is 12.1 Å². The molecule has 38 heavy (non-hydrogen) atoms. The van der Waals surface area contributed by atoms with Gasteiger partial charge in [0.15, 0.2) is 5.69 Å². The SMILES string of the molecule is CC1(C)CCCN(CC[C@@H](CC(=O)O)NC(=O)c2cc(-c3ccccc3C(F)(F)F)n(C3=NC=CC3)n2)C1. The van der Waals surface area contributed by atoms with Crippen LogP contribution in [0, 0.1) is 5.41 Å². The van der Waals surface area contributed by atoms with E-state index >= 15 is 0 Å². The fraction of sp³-hybridized carbons (Fsp3) is 0.481. The summed E-state index contributed by atoms with van der Waals surface area (Å²) < 4.78 is 42.6. The Kier molecular flexibility index (Phi) is 8.05. The van der Waals surface area contributed by atoms with Crippen LogP contribution in [0.3, 0.4) is 0 Å². The summed E-state index contributed by atoms with van der Waals surface area (Å²) in [7, 11) is 0. The second-order valence-corrected chi connectivity index (χ2v) is 10.6. The monoisotopic (exact) mass is 531 g/mol. The summed E-state index contributed by atoms with van der Waals surface area (Å²) in [5.41, 5.74) is -0.835. The van der Waals surface area contributed by atoms with Crippen LogP contribution in [0.25, 0.3) is 11.3 Å². The third kappa shape index (κ3) is 6.69. The number of piperidine rings is 1. The number of benzene rings is 1. The number of carbonyl (C=O) groups excluding carboxylic acids is 1. The number of nitrogens with one attached hydrogen (secondary N) is 1. The van der Waals surface area contributed by atoms with Crippen molar-refractivity contribution in [2.24, 2.45) is 10.4 Å². The second-order valence-electron chi connectivity index (χ2n) is 10.6. The van der Waals surface area contributed by atoms with E-state index in [1.54, 1.807) is 6.08 Å². The van der Waals surface area contributed by atoms with Crippen molar-refractivity contribution in [3.8, 4) is 11.3 Å². The molecular weight excluding hydrogens is 499 g/mol. The van der Waals surface area contributed by atoms with Crippen LogP contribution in [-0.2, 0) is 11.0 Å². The molecule has 1 fully saturated rings. The molecule has 0 saturated carbocycles. The molecule has 2 aromatic rings. The van der Waals surface area contributed by atoms with Crippen molar-refractivity contribution in [3.63, 3.8) is 0 Å². The number of hydrogen-bond donors (Lipinski definition) is 2. The van der Waals surface area contributed by atoms with Crippen molar-refractivity contribution in [2.75, 3.05) is 19.6 Å². The quantitative estimate of drug-likeness (QED) is 0.509. The summed E-state index contributed by atoms with van der Waals surface area (Å²) in [6.07, 6.45) is 1.34. The van der Waals surface area contributed by atoms with E-state index in [2.05, 4.69) is 34.2 Å². The minimum Gasteiger partial charge on any atom is -0.481 e. The van der Waals surface area contributed by atoms with Crippen molar-refractivity contribution in [1.29, 1.82) is 0 Å². The van der Waals surface area contributed by atoms with Crippen LogP contribution < -0.4 is 5.32 Å². The Morgan fingerprint density at radius 3 is 2.66 bits per heavy atom. The number of hydrogen-bond acceptors (Lipinski definition) is 5. The molecule has 8 nitrogen and oxygen atoms in total. The molecule has 0 radical (unpaired) electrons. The van der Waals surface area contributed by atoms with E-state index in [1.807, 2.05) is 0 Å². The number of nitrogens with zero attached hydrogens (tertiary/aromatic N) is 4. The smallest absolute Gasteiger partial charge is 0.417 e. The summed E-state index contributed by atoms with van der Waals surface area (Å²) in [6, 6.07) is 5.73. The number of carboxylic acid groups (broad SMARTS) is 1. The molecular formula is C27H32F3N5O3. The van der Waals surface area contributed by atoms with Crippen molar-refractivity contribution >= 4 is 17.7 Å². The average Bonchev–Trinajstić information content (AvgIpc) is 3.51. The Balaban J connectivity index is 1.58. The summed E-state index contributed by atoms with van der Waals surface area (Å²) in [5, 5.41) is 16.5. The summed E-state index contributed by atoms with van der Waals surface area (Å²) in [5.74, 6) is -1.32. The molecule has 0 spiro atoms. The van der Waals surface area contributed by atoms with Gasteiger partial charge in [-0.05, 0) is 43.4 Å². The Morgan fingerprint density at radius 1 is 1.24 bits per heavy atom. The number of alkyl halides is 3. The van der Waals surface area contributed by atoms with Crippen LogP contribution in [0.2, 0.25) is 0 Å². The Bertz CT molecular complexity index is 1250. The van der Waals surface area contributed by atoms with E-state index in [-0.39, 0.29) is 28.8 Å². The first-order valence-corrected chi connectivity index (χ1v) is 12.7. The van der Waals surface area contributed by atoms with Gasteiger partial charge in [0.05, 0.1) is 17.7 Å². The average molecular weight is 532 g/mol. The number of aromatic nitrogens is 2. The number of carboxylic acids is 1. The van der Waals surface area contributed by atoms with Crippen LogP contribution in [0.4, 0.5) is 13.2 Å². The zero-order valence-electron chi connectivity index (χ0n) is 21.5. The predicted molar refractivity (Wildman–Crippen MR) is 137 cm³/mol. The molecule has 0 bridgehead atoms. The summed E-state index contributed by atoms with van der Waals surface area (Å²) >= 11 is 0. The predicted octanol–water partition coefficient (Wildman–Crippen LogP) is 4.82. The fourth-order valence-corrected chi connectivity index (χ4v) is 5.09. The summed E-state index contributed by atoms with van der Waals surface area (Å²) in [4.78, 5) is 31.2. The fourth-order valence-electron chi connectivity index (χ4n) is 5.09. The molecule has 2 aliphatic heterocycles. The number of allylic oxidation sites excluding steroid dienone is 1. The minimum absolute atomic E-state index is 0.0795. The zero-order chi connectivity index (χ0) is 27.5. The Morgan fingerprint density at radius 2 is 2.00 bits per heavy atom. The first-order chi connectivity index (χ1) is 17.9. The van der Waals surface area contributed by atoms with E-state index in [4.69, 9.17) is 0 Å². The number of amides is 1. The number of likely N-dealkylation sites (tertiary alicyclic amines) is 1. The van der Waals surface area contributed by atoms with E-state index in [1.165, 1.54) is 35.1 Å². The largest absolute Gasteiger partial charge is 0.481 e. The van der Waals surface area contributed by atoms with Gasteiger partial charge in [-0.25, -0.2) is 9.67 Å². The molecule has 2 aliphatic rings. The van der Waals surface area contributed by atoms with E-state index < -0.39 is 29.7 Å². The molecule has 11 heteroatoms. The van der Waals surface area contributed by atoms with Gasteiger partial charge in [0.2, 0.25) is 0 Å². The normalized spacial score (nSPS) is 18.3. The third-order valence-electron chi connectivity index (χ3n) is 6.85. The van der Waals surface area contributed by atoms with Crippen molar-refractivity contribution in [2.45, 2.75) is 58.2 Å². The van der Waals surface area contributed by atoms with Gasteiger partial charge in [-0.15, -0.1) is 0 Å². The van der Waals surface area contributed by atoms with Gasteiger partial charge in [0, 0.05) is 37.3 Å². The highest BCUT2D eigenvalue weighted by molar-refractivity contribution is 5.97. The van der Waals surface area contributed by atoms with Crippen molar-refractivity contribution in [1.82, 2.24) is 20.0 Å². The first kappa shape index (κ1) is 27.6. The highest BCUT2D eigenvalue weighted by atomic mass is 19.4. The molecule has 204 valence electrons. The summed E-state index contributed by atoms with van der Waals surface area (Å²) in [6.45, 7) is 6.83. The molecule has 1 amide bonds. The molecule has 4 rings (SSSR count). The number of aliphatic imine (C=N–C) groups is 1. The maximum absolute atomic E-state index is 13.8. The molecule has 0 aliphatic carbocycles. The third-order valence-corrected chi connectivity index (χ3v) is 6.85. The molecule has 1 saturated heterocycles. The van der Waals surface area contributed by atoms with Gasteiger partial charge in [0.25, 0.3) is 5.91 Å². The lowest BCUT2D eigenvalue weighted by molar-refractivity contribution is -0.138. The highest BCUT2D eigenvalue weighted by Crippen LogP contribution is 2.37. The topological polar surface area (TPSA) is 99.8 Å². The van der Waals surface area contributed by atoms with Crippen molar-refractivity contribution < 1.29 is 27.9 Å².